The van der Waals surface area contributed by atoms with Crippen LogP contribution in [0, 0.1) is 0 Å². The summed E-state index contributed by atoms with van der Waals surface area (Å²) in [6.45, 7) is 3.45. The number of nitrogens with two attached hydrogens (primary N) is 2. The summed E-state index contributed by atoms with van der Waals surface area (Å²) >= 11 is 0. The van der Waals surface area contributed by atoms with E-state index in [1.54, 1.807) is 19.9 Å². The van der Waals surface area contributed by atoms with E-state index in [-0.39, 0.29) is 0 Å². The zero-order valence-corrected chi connectivity index (χ0v) is 11.2. The number of primary amides is 2. The summed E-state index contributed by atoms with van der Waals surface area (Å²) in [7, 11) is 0. The Morgan fingerprint density at radius 3 is 1.70 bits per heavy atom. The van der Waals surface area contributed by atoms with Gasteiger partial charge in [-0.15, -0.1) is 0 Å². The highest BCUT2D eigenvalue weighted by molar-refractivity contribution is 6.04. The van der Waals surface area contributed by atoms with Crippen LogP contribution >= 0.6 is 0 Å². The minimum Gasteiger partial charge on any atom is -0.350 e. The van der Waals surface area contributed by atoms with Crippen molar-refractivity contribution in [3.63, 3.8) is 0 Å². The van der Waals surface area contributed by atoms with E-state index < -0.39 is 12.1 Å². The standard InChI is InChI=1S/C12H16N6O2/c1-7(15-17-11(13)19)9-4-3-5-10(6-9)8(2)16-18-12(14)20/h3-6H,1-2H3,(H3,13,17,19)(H3,14,18,20)/b15-7-,16-8+. The maximum Gasteiger partial charge on any atom is 0.332 e. The lowest BCUT2D eigenvalue weighted by molar-refractivity contribution is 0.248. The third-order valence-corrected chi connectivity index (χ3v) is 2.37. The first kappa shape index (κ1) is 15.2. The van der Waals surface area contributed by atoms with Crippen molar-refractivity contribution in [1.29, 1.82) is 0 Å². The normalized spacial score (nSPS) is 11.9. The van der Waals surface area contributed by atoms with Gasteiger partial charge in [0.05, 0.1) is 11.4 Å². The first-order valence-electron chi connectivity index (χ1n) is 5.70. The Morgan fingerprint density at radius 1 is 0.950 bits per heavy atom. The fourth-order valence-electron chi connectivity index (χ4n) is 1.38. The van der Waals surface area contributed by atoms with E-state index in [1.807, 2.05) is 18.2 Å². The van der Waals surface area contributed by atoms with E-state index in [1.165, 1.54) is 0 Å². The fourth-order valence-corrected chi connectivity index (χ4v) is 1.38. The summed E-state index contributed by atoms with van der Waals surface area (Å²) in [5.41, 5.74) is 16.9. The summed E-state index contributed by atoms with van der Waals surface area (Å²) in [5.74, 6) is 0. The fraction of sp³-hybridized carbons (Fsp3) is 0.167. The number of nitrogens with one attached hydrogen (secondary N) is 2. The Balaban J connectivity index is 2.95. The van der Waals surface area contributed by atoms with Gasteiger partial charge in [-0.3, -0.25) is 0 Å². The van der Waals surface area contributed by atoms with E-state index in [2.05, 4.69) is 21.1 Å². The lowest BCUT2D eigenvalue weighted by Gasteiger charge is -2.05. The van der Waals surface area contributed by atoms with Gasteiger partial charge in [0, 0.05) is 0 Å². The van der Waals surface area contributed by atoms with Gasteiger partial charge in [-0.25, -0.2) is 20.4 Å². The molecule has 4 amide bonds. The molecular formula is C12H16N6O2. The van der Waals surface area contributed by atoms with Crippen LogP contribution in [0.4, 0.5) is 9.59 Å². The molecule has 0 atom stereocenters. The number of amides is 4. The molecule has 0 aliphatic carbocycles. The molecule has 8 nitrogen and oxygen atoms in total. The first-order chi connectivity index (χ1) is 9.40. The average molecular weight is 276 g/mol. The largest absolute Gasteiger partial charge is 0.350 e. The highest BCUT2D eigenvalue weighted by Gasteiger charge is 2.03. The SMILES string of the molecule is C/C(=N/NC(N)=O)c1cccc(/C(C)=N/NC(N)=O)c1. The van der Waals surface area contributed by atoms with Crippen molar-refractivity contribution in [1.82, 2.24) is 10.9 Å². The third-order valence-electron chi connectivity index (χ3n) is 2.37. The lowest BCUT2D eigenvalue weighted by atomic mass is 10.1. The highest BCUT2D eigenvalue weighted by atomic mass is 16.2. The number of carbonyl (C=O) groups excluding carboxylic acids is 2. The van der Waals surface area contributed by atoms with Crippen molar-refractivity contribution >= 4 is 23.5 Å². The lowest BCUT2D eigenvalue weighted by Crippen LogP contribution is -2.25. The average Bonchev–Trinajstić information content (AvgIpc) is 2.42. The van der Waals surface area contributed by atoms with Gasteiger partial charge in [0.2, 0.25) is 0 Å². The molecule has 1 rings (SSSR count). The monoisotopic (exact) mass is 276 g/mol. The summed E-state index contributed by atoms with van der Waals surface area (Å²) in [4.78, 5) is 21.2. The molecule has 0 aromatic heterocycles. The quantitative estimate of drug-likeness (QED) is 0.470. The molecule has 0 spiro atoms. The summed E-state index contributed by atoms with van der Waals surface area (Å²) in [6.07, 6.45) is 0. The molecule has 0 aliphatic rings. The van der Waals surface area contributed by atoms with Gasteiger partial charge in [0.1, 0.15) is 0 Å². The zero-order valence-electron chi connectivity index (χ0n) is 11.2. The van der Waals surface area contributed by atoms with Crippen molar-refractivity contribution in [2.24, 2.45) is 21.7 Å². The topological polar surface area (TPSA) is 135 Å². The second-order valence-corrected chi connectivity index (χ2v) is 3.93. The number of rotatable bonds is 4. The second-order valence-electron chi connectivity index (χ2n) is 3.93. The number of hydrogen-bond donors (Lipinski definition) is 4. The molecule has 0 aliphatic heterocycles. The molecule has 0 fully saturated rings. The van der Waals surface area contributed by atoms with Crippen molar-refractivity contribution in [2.45, 2.75) is 13.8 Å². The Morgan fingerprint density at radius 2 is 1.35 bits per heavy atom. The van der Waals surface area contributed by atoms with E-state index in [0.29, 0.717) is 11.4 Å². The Hall–Kier alpha value is -2.90. The van der Waals surface area contributed by atoms with Crippen molar-refractivity contribution in [2.75, 3.05) is 0 Å². The van der Waals surface area contributed by atoms with Crippen molar-refractivity contribution in [3.8, 4) is 0 Å². The summed E-state index contributed by atoms with van der Waals surface area (Å²) in [5, 5.41) is 7.66. The Labute approximate surface area is 115 Å². The molecule has 1 aromatic rings. The van der Waals surface area contributed by atoms with Gasteiger partial charge < -0.3 is 11.5 Å². The number of urea groups is 2. The number of benzene rings is 1. The van der Waals surface area contributed by atoms with E-state index >= 15 is 0 Å². The molecule has 0 radical (unpaired) electrons. The molecule has 0 saturated heterocycles. The number of hydrogen-bond acceptors (Lipinski definition) is 4. The minimum atomic E-state index is -0.732. The van der Waals surface area contributed by atoms with Crippen LogP contribution in [0.1, 0.15) is 25.0 Å². The molecule has 106 valence electrons. The van der Waals surface area contributed by atoms with Gasteiger partial charge >= 0.3 is 12.1 Å². The molecule has 0 saturated carbocycles. The third kappa shape index (κ3) is 4.77. The Bertz CT molecular complexity index is 532. The first-order valence-corrected chi connectivity index (χ1v) is 5.70. The van der Waals surface area contributed by atoms with Crippen LogP contribution in [0.25, 0.3) is 0 Å². The van der Waals surface area contributed by atoms with Crippen LogP contribution in [0.2, 0.25) is 0 Å². The van der Waals surface area contributed by atoms with E-state index in [4.69, 9.17) is 11.5 Å². The Kier molecular flexibility index (Phi) is 5.21. The molecule has 6 N–H and O–H groups in total. The van der Waals surface area contributed by atoms with Crippen LogP contribution in [0.5, 0.6) is 0 Å². The minimum absolute atomic E-state index is 0.585. The molecule has 8 heteroatoms. The zero-order chi connectivity index (χ0) is 15.1. The maximum atomic E-state index is 10.6. The van der Waals surface area contributed by atoms with Crippen LogP contribution < -0.4 is 22.3 Å². The van der Waals surface area contributed by atoms with Gasteiger partial charge in [0.25, 0.3) is 0 Å². The van der Waals surface area contributed by atoms with Gasteiger partial charge in [0.15, 0.2) is 0 Å². The van der Waals surface area contributed by atoms with Gasteiger partial charge in [-0.05, 0) is 31.0 Å². The molecule has 0 heterocycles. The number of nitrogens with zero attached hydrogens (tertiary/aromatic N) is 2. The van der Waals surface area contributed by atoms with Gasteiger partial charge in [-0.2, -0.15) is 10.2 Å². The van der Waals surface area contributed by atoms with Crippen molar-refractivity contribution < 1.29 is 9.59 Å². The maximum absolute atomic E-state index is 10.6. The van der Waals surface area contributed by atoms with E-state index in [0.717, 1.165) is 11.1 Å². The van der Waals surface area contributed by atoms with Crippen LogP contribution in [-0.4, -0.2) is 23.5 Å². The van der Waals surface area contributed by atoms with Gasteiger partial charge in [-0.1, -0.05) is 18.2 Å². The van der Waals surface area contributed by atoms with Crippen molar-refractivity contribution in [3.05, 3.63) is 35.4 Å². The number of carbonyl (C=O) groups is 2. The molecule has 1 aromatic carbocycles. The van der Waals surface area contributed by atoms with Crippen LogP contribution in [0.3, 0.4) is 0 Å². The molecule has 20 heavy (non-hydrogen) atoms. The smallest absolute Gasteiger partial charge is 0.332 e. The second kappa shape index (κ2) is 6.88. The predicted molar refractivity (Wildman–Crippen MR) is 76.3 cm³/mol. The highest BCUT2D eigenvalue weighted by Crippen LogP contribution is 2.07. The van der Waals surface area contributed by atoms with Crippen LogP contribution in [0.15, 0.2) is 34.5 Å². The summed E-state index contributed by atoms with van der Waals surface area (Å²) in [6, 6.07) is 5.78. The van der Waals surface area contributed by atoms with E-state index in [9.17, 15) is 9.59 Å². The van der Waals surface area contributed by atoms with Crippen LogP contribution in [-0.2, 0) is 0 Å². The molecular weight excluding hydrogens is 260 g/mol. The predicted octanol–water partition coefficient (Wildman–Crippen LogP) is 0.471. The molecule has 0 bridgehead atoms. The molecule has 0 unspecified atom stereocenters. The number of hydrazone groups is 2. The summed E-state index contributed by atoms with van der Waals surface area (Å²) < 4.78 is 0.